The van der Waals surface area contributed by atoms with E-state index in [0.717, 1.165) is 24.8 Å². The molecule has 0 spiro atoms. The van der Waals surface area contributed by atoms with Crippen LogP contribution in [0.1, 0.15) is 11.6 Å². The van der Waals surface area contributed by atoms with Crippen LogP contribution in [0.3, 0.4) is 0 Å². The van der Waals surface area contributed by atoms with Gasteiger partial charge in [-0.05, 0) is 12.3 Å². The van der Waals surface area contributed by atoms with E-state index >= 15 is 0 Å². The van der Waals surface area contributed by atoms with E-state index in [-0.39, 0.29) is 0 Å². The van der Waals surface area contributed by atoms with E-state index < -0.39 is 0 Å². The van der Waals surface area contributed by atoms with Crippen LogP contribution < -0.4 is 5.32 Å². The zero-order valence-electron chi connectivity index (χ0n) is 8.19. The van der Waals surface area contributed by atoms with Gasteiger partial charge in [-0.15, -0.1) is 11.8 Å². The van der Waals surface area contributed by atoms with Crippen molar-refractivity contribution < 1.29 is 4.74 Å². The van der Waals surface area contributed by atoms with Gasteiger partial charge in [-0.25, -0.2) is 4.98 Å². The highest BCUT2D eigenvalue weighted by atomic mass is 32.2. The molecule has 0 bridgehead atoms. The van der Waals surface area contributed by atoms with Crippen molar-refractivity contribution in [3.05, 3.63) is 23.9 Å². The maximum atomic E-state index is 5.44. The number of morpholine rings is 1. The molecule has 76 valence electrons. The Morgan fingerprint density at radius 3 is 3.29 bits per heavy atom. The summed E-state index contributed by atoms with van der Waals surface area (Å²) < 4.78 is 5.44. The van der Waals surface area contributed by atoms with Gasteiger partial charge in [0.15, 0.2) is 0 Å². The van der Waals surface area contributed by atoms with Gasteiger partial charge in [0.2, 0.25) is 0 Å². The van der Waals surface area contributed by atoms with Crippen LogP contribution in [-0.4, -0.2) is 31.0 Å². The van der Waals surface area contributed by atoms with E-state index in [0.29, 0.717) is 6.04 Å². The largest absolute Gasteiger partial charge is 0.378 e. The lowest BCUT2D eigenvalue weighted by atomic mass is 10.1. The predicted molar refractivity (Wildman–Crippen MR) is 57.6 cm³/mol. The molecule has 0 unspecified atom stereocenters. The fraction of sp³-hybridized carbons (Fsp3) is 0.500. The number of ether oxygens (including phenoxy) is 1. The van der Waals surface area contributed by atoms with Crippen molar-refractivity contribution in [2.24, 2.45) is 0 Å². The van der Waals surface area contributed by atoms with Crippen LogP contribution in [0.4, 0.5) is 0 Å². The number of nitrogens with zero attached hydrogens (tertiary/aromatic N) is 1. The van der Waals surface area contributed by atoms with Gasteiger partial charge in [0.25, 0.3) is 0 Å². The highest BCUT2D eigenvalue weighted by molar-refractivity contribution is 7.98. The monoisotopic (exact) mass is 210 g/mol. The minimum atomic E-state index is 0.305. The first-order valence-corrected chi connectivity index (χ1v) is 5.94. The van der Waals surface area contributed by atoms with Gasteiger partial charge in [-0.2, -0.15) is 0 Å². The van der Waals surface area contributed by atoms with Crippen LogP contribution in [-0.2, 0) is 4.74 Å². The third-order valence-electron chi connectivity index (χ3n) is 2.29. The van der Waals surface area contributed by atoms with Gasteiger partial charge in [0.1, 0.15) is 5.03 Å². The maximum Gasteiger partial charge on any atom is 0.101 e. The molecule has 1 aromatic rings. The molecule has 1 aromatic heterocycles. The zero-order valence-corrected chi connectivity index (χ0v) is 9.01. The lowest BCUT2D eigenvalue weighted by molar-refractivity contribution is 0.0759. The van der Waals surface area contributed by atoms with Gasteiger partial charge in [-0.1, -0.05) is 6.07 Å². The molecule has 2 heterocycles. The first-order valence-electron chi connectivity index (χ1n) is 4.72. The fourth-order valence-electron chi connectivity index (χ4n) is 1.60. The molecule has 0 amide bonds. The molecule has 4 heteroatoms. The zero-order chi connectivity index (χ0) is 9.80. The molecule has 1 saturated heterocycles. The molecular weight excluding hydrogens is 196 g/mol. The van der Waals surface area contributed by atoms with Crippen LogP contribution in [0, 0.1) is 0 Å². The Balaban J connectivity index is 2.20. The summed E-state index contributed by atoms with van der Waals surface area (Å²) in [5.41, 5.74) is 1.25. The number of pyridine rings is 1. The van der Waals surface area contributed by atoms with Gasteiger partial charge in [0, 0.05) is 18.3 Å². The van der Waals surface area contributed by atoms with Crippen LogP contribution >= 0.6 is 11.8 Å². The van der Waals surface area contributed by atoms with Crippen molar-refractivity contribution >= 4 is 11.8 Å². The van der Waals surface area contributed by atoms with Gasteiger partial charge in [0.05, 0.1) is 19.3 Å². The molecule has 1 aliphatic heterocycles. The Morgan fingerprint density at radius 1 is 1.64 bits per heavy atom. The summed E-state index contributed by atoms with van der Waals surface area (Å²) in [6.45, 7) is 2.48. The minimum Gasteiger partial charge on any atom is -0.378 e. The Morgan fingerprint density at radius 2 is 2.57 bits per heavy atom. The molecule has 0 saturated carbocycles. The smallest absolute Gasteiger partial charge is 0.101 e. The van der Waals surface area contributed by atoms with Crippen molar-refractivity contribution in [2.75, 3.05) is 26.0 Å². The summed E-state index contributed by atoms with van der Waals surface area (Å²) in [7, 11) is 0. The number of hydrogen-bond donors (Lipinski definition) is 1. The number of hydrogen-bond acceptors (Lipinski definition) is 4. The van der Waals surface area contributed by atoms with Crippen LogP contribution in [0.25, 0.3) is 0 Å². The molecule has 1 aliphatic rings. The molecule has 3 nitrogen and oxygen atoms in total. The molecule has 1 fully saturated rings. The van der Waals surface area contributed by atoms with E-state index in [1.807, 2.05) is 12.3 Å². The molecule has 0 radical (unpaired) electrons. The molecule has 0 aliphatic carbocycles. The Labute approximate surface area is 88.3 Å². The van der Waals surface area contributed by atoms with E-state index in [2.05, 4.69) is 22.6 Å². The second-order valence-corrected chi connectivity index (χ2v) is 3.98. The fourth-order valence-corrected chi connectivity index (χ4v) is 2.22. The standard InChI is InChI=1S/C10H14N2OS/c1-14-10-8(3-2-4-12-10)9-7-13-6-5-11-9/h2-4,9,11H,5-7H2,1H3/t9-/m0/s1. The summed E-state index contributed by atoms with van der Waals surface area (Å²) in [4.78, 5) is 4.34. The van der Waals surface area contributed by atoms with Crippen molar-refractivity contribution in [1.82, 2.24) is 10.3 Å². The van der Waals surface area contributed by atoms with E-state index in [1.165, 1.54) is 5.56 Å². The summed E-state index contributed by atoms with van der Waals surface area (Å²) >= 11 is 1.68. The summed E-state index contributed by atoms with van der Waals surface area (Å²) in [6, 6.07) is 4.40. The topological polar surface area (TPSA) is 34.1 Å². The normalized spacial score (nSPS) is 22.2. The maximum absolute atomic E-state index is 5.44. The molecular formula is C10H14N2OS. The van der Waals surface area contributed by atoms with E-state index in [1.54, 1.807) is 11.8 Å². The molecule has 1 N–H and O–H groups in total. The second-order valence-electron chi connectivity index (χ2n) is 3.18. The third kappa shape index (κ3) is 2.08. The first kappa shape index (κ1) is 9.96. The minimum absolute atomic E-state index is 0.305. The van der Waals surface area contributed by atoms with Gasteiger partial charge in [-0.3, -0.25) is 0 Å². The highest BCUT2D eigenvalue weighted by Gasteiger charge is 2.18. The predicted octanol–water partition coefficient (Wildman–Crippen LogP) is 1.46. The van der Waals surface area contributed by atoms with Crippen molar-refractivity contribution in [3.8, 4) is 0 Å². The number of thioether (sulfide) groups is 1. The average molecular weight is 210 g/mol. The molecule has 1 atom stereocenters. The van der Waals surface area contributed by atoms with Crippen LogP contribution in [0.5, 0.6) is 0 Å². The van der Waals surface area contributed by atoms with Crippen LogP contribution in [0.2, 0.25) is 0 Å². The summed E-state index contributed by atoms with van der Waals surface area (Å²) in [5, 5.41) is 4.52. The lowest BCUT2D eigenvalue weighted by Gasteiger charge is -2.25. The van der Waals surface area contributed by atoms with Gasteiger partial charge >= 0.3 is 0 Å². The van der Waals surface area contributed by atoms with Gasteiger partial charge < -0.3 is 10.1 Å². The lowest BCUT2D eigenvalue weighted by Crippen LogP contribution is -2.34. The molecule has 0 aromatic carbocycles. The van der Waals surface area contributed by atoms with E-state index in [9.17, 15) is 0 Å². The second kappa shape index (κ2) is 4.77. The van der Waals surface area contributed by atoms with Crippen molar-refractivity contribution in [2.45, 2.75) is 11.1 Å². The number of aromatic nitrogens is 1. The highest BCUT2D eigenvalue weighted by Crippen LogP contribution is 2.24. The SMILES string of the molecule is CSc1ncccc1[C@@H]1COCCN1. The summed E-state index contributed by atoms with van der Waals surface area (Å²) in [6.07, 6.45) is 3.88. The Bertz CT molecular complexity index is 300. The average Bonchev–Trinajstić information content (AvgIpc) is 2.30. The van der Waals surface area contributed by atoms with Crippen molar-refractivity contribution in [3.63, 3.8) is 0 Å². The number of rotatable bonds is 2. The number of nitrogens with one attached hydrogen (secondary N) is 1. The van der Waals surface area contributed by atoms with E-state index in [4.69, 9.17) is 4.74 Å². The quantitative estimate of drug-likeness (QED) is 0.749. The van der Waals surface area contributed by atoms with Crippen LogP contribution in [0.15, 0.2) is 23.4 Å². The molecule has 14 heavy (non-hydrogen) atoms. The third-order valence-corrected chi connectivity index (χ3v) is 3.02. The Kier molecular flexibility index (Phi) is 3.39. The van der Waals surface area contributed by atoms with Crippen molar-refractivity contribution in [1.29, 1.82) is 0 Å². The first-order chi connectivity index (χ1) is 6.92. The summed E-state index contributed by atoms with van der Waals surface area (Å²) in [5.74, 6) is 0. The Hall–Kier alpha value is -0.580. The molecule has 2 rings (SSSR count).